The van der Waals surface area contributed by atoms with Gasteiger partial charge in [-0.15, -0.1) is 6.58 Å². The fraction of sp³-hybridized carbons (Fsp3) is 0.0667. The molecule has 0 aliphatic rings. The minimum Gasteiger partial charge on any atom is -0.268 e. The molecule has 1 aromatic carbocycles. The Hall–Kier alpha value is -2.42. The molecule has 18 heavy (non-hydrogen) atoms. The molecule has 2 aromatic rings. The van der Waals surface area contributed by atoms with Gasteiger partial charge in [-0.05, 0) is 17.7 Å². The van der Waals surface area contributed by atoms with Gasteiger partial charge in [0.2, 0.25) is 0 Å². The van der Waals surface area contributed by atoms with Gasteiger partial charge in [-0.3, -0.25) is 4.79 Å². The van der Waals surface area contributed by atoms with Crippen LogP contribution in [0.3, 0.4) is 0 Å². The number of hydrogen-bond acceptors (Lipinski definition) is 2. The third kappa shape index (κ3) is 3.04. The number of aromatic nitrogens is 2. The summed E-state index contributed by atoms with van der Waals surface area (Å²) in [4.78, 5) is 11.5. The summed E-state index contributed by atoms with van der Waals surface area (Å²) in [5, 5.41) is 4.22. The second-order valence-electron chi connectivity index (χ2n) is 3.81. The molecular formula is C15H14N2O. The molecule has 0 N–H and O–H groups in total. The van der Waals surface area contributed by atoms with Gasteiger partial charge in [-0.25, -0.2) is 4.68 Å². The number of rotatable bonds is 4. The first-order chi connectivity index (χ1) is 8.79. The largest absolute Gasteiger partial charge is 0.268 e. The molecule has 0 saturated heterocycles. The number of nitrogens with zero attached hydrogens (tertiary/aromatic N) is 2. The zero-order valence-corrected chi connectivity index (χ0v) is 9.99. The van der Waals surface area contributed by atoms with Crippen LogP contribution in [0.4, 0.5) is 0 Å². The van der Waals surface area contributed by atoms with Crippen molar-refractivity contribution in [2.24, 2.45) is 0 Å². The van der Waals surface area contributed by atoms with Crippen LogP contribution >= 0.6 is 0 Å². The standard InChI is InChI=1S/C15H14N2O/c1-2-12-17-15(18)11-10-14(16-17)9-8-13-6-4-3-5-7-13/h2-11H,1,12H2/b9-8+. The predicted octanol–water partition coefficient (Wildman–Crippen LogP) is 2.60. The SMILES string of the molecule is C=CCn1nc(/C=C/c2ccccc2)ccc1=O. The van der Waals surface area contributed by atoms with E-state index in [1.54, 1.807) is 12.1 Å². The fourth-order valence-electron chi connectivity index (χ4n) is 1.55. The summed E-state index contributed by atoms with van der Waals surface area (Å²) < 4.78 is 1.39. The lowest BCUT2D eigenvalue weighted by molar-refractivity contribution is 0.649. The Morgan fingerprint density at radius 1 is 1.11 bits per heavy atom. The van der Waals surface area contributed by atoms with Crippen LogP contribution in [0.1, 0.15) is 11.3 Å². The van der Waals surface area contributed by atoms with Crippen LogP contribution < -0.4 is 5.56 Å². The van der Waals surface area contributed by atoms with E-state index in [1.165, 1.54) is 10.7 Å². The molecule has 0 unspecified atom stereocenters. The molecule has 0 saturated carbocycles. The van der Waals surface area contributed by atoms with Crippen molar-refractivity contribution >= 4 is 12.2 Å². The first kappa shape index (κ1) is 12.0. The monoisotopic (exact) mass is 238 g/mol. The van der Waals surface area contributed by atoms with Gasteiger partial charge in [0.15, 0.2) is 0 Å². The van der Waals surface area contributed by atoms with Gasteiger partial charge >= 0.3 is 0 Å². The molecular weight excluding hydrogens is 224 g/mol. The van der Waals surface area contributed by atoms with Crippen molar-refractivity contribution in [2.45, 2.75) is 6.54 Å². The Morgan fingerprint density at radius 2 is 1.89 bits per heavy atom. The average Bonchev–Trinajstić information content (AvgIpc) is 2.41. The topological polar surface area (TPSA) is 34.9 Å². The van der Waals surface area contributed by atoms with Crippen molar-refractivity contribution in [1.29, 1.82) is 0 Å². The second kappa shape index (κ2) is 5.77. The lowest BCUT2D eigenvalue weighted by Crippen LogP contribution is -2.21. The molecule has 0 bridgehead atoms. The highest BCUT2D eigenvalue weighted by Gasteiger charge is 1.96. The van der Waals surface area contributed by atoms with E-state index in [4.69, 9.17) is 0 Å². The summed E-state index contributed by atoms with van der Waals surface area (Å²) in [6.45, 7) is 4.03. The number of allylic oxidation sites excluding steroid dienone is 1. The Balaban J connectivity index is 2.24. The van der Waals surface area contributed by atoms with Gasteiger partial charge in [-0.2, -0.15) is 5.10 Å². The fourth-order valence-corrected chi connectivity index (χ4v) is 1.55. The molecule has 0 atom stereocenters. The van der Waals surface area contributed by atoms with Crippen molar-refractivity contribution in [2.75, 3.05) is 0 Å². The van der Waals surface area contributed by atoms with Crippen molar-refractivity contribution in [3.05, 3.63) is 76.7 Å². The second-order valence-corrected chi connectivity index (χ2v) is 3.81. The van der Waals surface area contributed by atoms with Crippen molar-refractivity contribution in [3.8, 4) is 0 Å². The minimum absolute atomic E-state index is 0.119. The summed E-state index contributed by atoms with van der Waals surface area (Å²) >= 11 is 0. The summed E-state index contributed by atoms with van der Waals surface area (Å²) in [6, 6.07) is 13.2. The van der Waals surface area contributed by atoms with E-state index in [9.17, 15) is 4.79 Å². The molecule has 0 aliphatic carbocycles. The van der Waals surface area contributed by atoms with Gasteiger partial charge in [0, 0.05) is 6.07 Å². The maximum atomic E-state index is 11.5. The molecule has 2 rings (SSSR count). The van der Waals surface area contributed by atoms with Crippen LogP contribution in [0.15, 0.2) is 59.9 Å². The normalized spacial score (nSPS) is 10.7. The molecule has 90 valence electrons. The van der Waals surface area contributed by atoms with E-state index in [2.05, 4.69) is 11.7 Å². The number of hydrogen-bond donors (Lipinski definition) is 0. The Labute approximate surface area is 106 Å². The molecule has 3 nitrogen and oxygen atoms in total. The van der Waals surface area contributed by atoms with Crippen LogP contribution in [-0.4, -0.2) is 9.78 Å². The zero-order chi connectivity index (χ0) is 12.8. The Bertz CT molecular complexity index is 612. The minimum atomic E-state index is -0.119. The Morgan fingerprint density at radius 3 is 2.61 bits per heavy atom. The summed E-state index contributed by atoms with van der Waals surface area (Å²) in [5.41, 5.74) is 1.73. The molecule has 1 heterocycles. The zero-order valence-electron chi connectivity index (χ0n) is 9.99. The van der Waals surface area contributed by atoms with E-state index in [1.807, 2.05) is 42.5 Å². The van der Waals surface area contributed by atoms with E-state index in [0.29, 0.717) is 6.54 Å². The third-order valence-corrected chi connectivity index (χ3v) is 2.44. The van der Waals surface area contributed by atoms with E-state index >= 15 is 0 Å². The van der Waals surface area contributed by atoms with Crippen LogP contribution in [-0.2, 0) is 6.54 Å². The summed E-state index contributed by atoms with van der Waals surface area (Å²) in [7, 11) is 0. The van der Waals surface area contributed by atoms with Gasteiger partial charge in [0.25, 0.3) is 5.56 Å². The molecule has 0 spiro atoms. The molecule has 1 aromatic heterocycles. The van der Waals surface area contributed by atoms with Crippen LogP contribution in [0.25, 0.3) is 12.2 Å². The molecule has 0 aliphatic heterocycles. The van der Waals surface area contributed by atoms with E-state index < -0.39 is 0 Å². The lowest BCUT2D eigenvalue weighted by Gasteiger charge is -2.01. The summed E-state index contributed by atoms with van der Waals surface area (Å²) in [6.07, 6.45) is 5.50. The number of benzene rings is 1. The third-order valence-electron chi connectivity index (χ3n) is 2.44. The van der Waals surface area contributed by atoms with Gasteiger partial charge in [0.1, 0.15) is 0 Å². The molecule has 0 amide bonds. The quantitative estimate of drug-likeness (QED) is 0.767. The van der Waals surface area contributed by atoms with Crippen LogP contribution in [0.5, 0.6) is 0 Å². The van der Waals surface area contributed by atoms with Crippen molar-refractivity contribution < 1.29 is 0 Å². The first-order valence-electron chi connectivity index (χ1n) is 5.72. The van der Waals surface area contributed by atoms with Crippen LogP contribution in [0.2, 0.25) is 0 Å². The highest BCUT2D eigenvalue weighted by Crippen LogP contribution is 2.04. The van der Waals surface area contributed by atoms with Gasteiger partial charge in [0.05, 0.1) is 12.2 Å². The smallest absolute Gasteiger partial charge is 0.267 e. The molecule has 3 heteroatoms. The highest BCUT2D eigenvalue weighted by molar-refractivity contribution is 5.67. The molecule has 0 fully saturated rings. The summed E-state index contributed by atoms with van der Waals surface area (Å²) in [5.74, 6) is 0. The van der Waals surface area contributed by atoms with Crippen molar-refractivity contribution in [1.82, 2.24) is 9.78 Å². The maximum absolute atomic E-state index is 11.5. The lowest BCUT2D eigenvalue weighted by atomic mass is 10.2. The highest BCUT2D eigenvalue weighted by atomic mass is 16.1. The first-order valence-corrected chi connectivity index (χ1v) is 5.72. The van der Waals surface area contributed by atoms with Crippen molar-refractivity contribution in [3.63, 3.8) is 0 Å². The van der Waals surface area contributed by atoms with Crippen LogP contribution in [0, 0.1) is 0 Å². The average molecular weight is 238 g/mol. The predicted molar refractivity (Wildman–Crippen MR) is 74.1 cm³/mol. The van der Waals surface area contributed by atoms with Gasteiger partial charge < -0.3 is 0 Å². The molecule has 0 radical (unpaired) electrons. The van der Waals surface area contributed by atoms with Gasteiger partial charge in [-0.1, -0.05) is 42.5 Å². The Kier molecular flexibility index (Phi) is 3.86. The maximum Gasteiger partial charge on any atom is 0.267 e. The van der Waals surface area contributed by atoms with E-state index in [-0.39, 0.29) is 5.56 Å². The van der Waals surface area contributed by atoms with E-state index in [0.717, 1.165) is 11.3 Å².